The Labute approximate surface area is 198 Å². The van der Waals surface area contributed by atoms with Gasteiger partial charge in [-0.15, -0.1) is 24.0 Å². The molecule has 0 aliphatic heterocycles. The van der Waals surface area contributed by atoms with Gasteiger partial charge in [-0.25, -0.2) is 4.99 Å². The predicted octanol–water partition coefficient (Wildman–Crippen LogP) is 4.37. The van der Waals surface area contributed by atoms with E-state index in [-0.39, 0.29) is 43.0 Å². The summed E-state index contributed by atoms with van der Waals surface area (Å²) in [4.78, 5) is 17.6. The number of likely N-dealkylation sites (N-methyl/N-ethyl adjacent to an activating group) is 1. The van der Waals surface area contributed by atoms with Gasteiger partial charge in [0.05, 0.1) is 18.7 Å². The maximum Gasteiger partial charge on any atom is 0.416 e. The van der Waals surface area contributed by atoms with Crippen LogP contribution in [0.15, 0.2) is 29.3 Å². The Kier molecular flexibility index (Phi) is 15.0. The number of halogens is 4. The Bertz CT molecular complexity index is 657. The minimum absolute atomic E-state index is 0. The molecular formula is C20H32F3IN4OS. The smallest absolute Gasteiger partial charge is 0.356 e. The molecule has 0 fully saturated rings. The van der Waals surface area contributed by atoms with Crippen LogP contribution in [0.25, 0.3) is 0 Å². The van der Waals surface area contributed by atoms with Crippen LogP contribution in [-0.2, 0) is 17.5 Å². The van der Waals surface area contributed by atoms with Gasteiger partial charge >= 0.3 is 6.18 Å². The Hall–Kier alpha value is -1.17. The van der Waals surface area contributed by atoms with Crippen LogP contribution in [0.4, 0.5) is 13.2 Å². The molecule has 1 aromatic rings. The topological polar surface area (TPSA) is 56.7 Å². The van der Waals surface area contributed by atoms with Gasteiger partial charge < -0.3 is 15.5 Å². The number of aliphatic imine (C=N–C) groups is 1. The number of benzene rings is 1. The van der Waals surface area contributed by atoms with Gasteiger partial charge in [0.15, 0.2) is 5.96 Å². The van der Waals surface area contributed by atoms with E-state index in [0.717, 1.165) is 37.1 Å². The standard InChI is InChI=1S/C20H31F3N4OS.HI/c1-27(2)18(28)15-26-19(24-11-6-4-5-7-12-29-3)25-14-16-9-8-10-17(13-16)20(21,22)23;/h8-10,13H,4-7,11-12,14-15H2,1-3H3,(H2,24,25,26);1H. The van der Waals surface area contributed by atoms with E-state index in [2.05, 4.69) is 21.9 Å². The van der Waals surface area contributed by atoms with Gasteiger partial charge in [0.2, 0.25) is 5.91 Å². The summed E-state index contributed by atoms with van der Waals surface area (Å²) in [6, 6.07) is 5.11. The molecule has 0 atom stereocenters. The van der Waals surface area contributed by atoms with Gasteiger partial charge in [-0.3, -0.25) is 4.79 Å². The lowest BCUT2D eigenvalue weighted by molar-refractivity contribution is -0.137. The lowest BCUT2D eigenvalue weighted by Gasteiger charge is -2.15. The van der Waals surface area contributed by atoms with Crippen LogP contribution in [0.5, 0.6) is 0 Å². The van der Waals surface area contributed by atoms with Crippen LogP contribution in [0.3, 0.4) is 0 Å². The summed E-state index contributed by atoms with van der Waals surface area (Å²) < 4.78 is 38.6. The molecule has 0 saturated heterocycles. The number of amides is 1. The molecule has 0 unspecified atom stereocenters. The molecule has 0 aliphatic rings. The molecule has 0 spiro atoms. The zero-order valence-corrected chi connectivity index (χ0v) is 20.9. The highest BCUT2D eigenvalue weighted by Gasteiger charge is 2.30. The summed E-state index contributed by atoms with van der Waals surface area (Å²) in [5.41, 5.74) is -0.238. The molecule has 5 nitrogen and oxygen atoms in total. The summed E-state index contributed by atoms with van der Waals surface area (Å²) in [7, 11) is 3.32. The molecule has 1 aromatic carbocycles. The van der Waals surface area contributed by atoms with E-state index in [1.807, 2.05) is 11.8 Å². The van der Waals surface area contributed by atoms with E-state index in [1.165, 1.54) is 17.4 Å². The molecule has 0 saturated carbocycles. The molecule has 10 heteroatoms. The number of guanidine groups is 1. The fraction of sp³-hybridized carbons (Fsp3) is 0.600. The SMILES string of the molecule is CSCCCCCCNC(=NCc1cccc(C(F)(F)F)c1)NCC(=O)N(C)C.I. The van der Waals surface area contributed by atoms with E-state index in [0.29, 0.717) is 18.1 Å². The van der Waals surface area contributed by atoms with Gasteiger partial charge in [0, 0.05) is 20.6 Å². The highest BCUT2D eigenvalue weighted by atomic mass is 127. The van der Waals surface area contributed by atoms with Gasteiger partial charge in [-0.1, -0.05) is 25.0 Å². The molecule has 2 N–H and O–H groups in total. The molecule has 1 amide bonds. The number of thioether (sulfide) groups is 1. The fourth-order valence-electron chi connectivity index (χ4n) is 2.44. The Balaban J connectivity index is 0.00000841. The molecule has 0 heterocycles. The summed E-state index contributed by atoms with van der Waals surface area (Å²) in [6.07, 6.45) is 2.10. The van der Waals surface area contributed by atoms with Crippen LogP contribution in [0.2, 0.25) is 0 Å². The number of unbranched alkanes of at least 4 members (excludes halogenated alkanes) is 3. The summed E-state index contributed by atoms with van der Waals surface area (Å²) in [6.45, 7) is 0.835. The first-order chi connectivity index (χ1) is 13.7. The van der Waals surface area contributed by atoms with Crippen LogP contribution in [0.1, 0.15) is 36.8 Å². The van der Waals surface area contributed by atoms with E-state index in [1.54, 1.807) is 20.2 Å². The van der Waals surface area contributed by atoms with Crippen molar-refractivity contribution in [1.82, 2.24) is 15.5 Å². The first kappa shape index (κ1) is 28.8. The van der Waals surface area contributed by atoms with Crippen molar-refractivity contribution in [2.24, 2.45) is 4.99 Å². The Morgan fingerprint density at radius 2 is 1.83 bits per heavy atom. The van der Waals surface area contributed by atoms with Crippen molar-refractivity contribution >= 4 is 47.6 Å². The summed E-state index contributed by atoms with van der Waals surface area (Å²) >= 11 is 1.84. The van der Waals surface area contributed by atoms with Crippen LogP contribution >= 0.6 is 35.7 Å². The van der Waals surface area contributed by atoms with Crippen LogP contribution < -0.4 is 10.6 Å². The molecule has 172 valence electrons. The van der Waals surface area contributed by atoms with Gasteiger partial charge in [-0.2, -0.15) is 24.9 Å². The normalized spacial score (nSPS) is 11.6. The number of hydrogen-bond donors (Lipinski definition) is 2. The minimum Gasteiger partial charge on any atom is -0.356 e. The quantitative estimate of drug-likeness (QED) is 0.183. The highest BCUT2D eigenvalue weighted by Crippen LogP contribution is 2.29. The molecule has 0 aromatic heterocycles. The second-order valence-corrected chi connectivity index (χ2v) is 7.82. The lowest BCUT2D eigenvalue weighted by Crippen LogP contribution is -2.43. The van der Waals surface area contributed by atoms with E-state index in [9.17, 15) is 18.0 Å². The molecule has 0 radical (unpaired) electrons. The van der Waals surface area contributed by atoms with Crippen molar-refractivity contribution in [2.45, 2.75) is 38.4 Å². The molecular weight excluding hydrogens is 528 g/mol. The summed E-state index contributed by atoms with van der Waals surface area (Å²) in [5.74, 6) is 1.46. The monoisotopic (exact) mass is 560 g/mol. The van der Waals surface area contributed by atoms with Crippen molar-refractivity contribution in [3.05, 3.63) is 35.4 Å². The van der Waals surface area contributed by atoms with Crippen molar-refractivity contribution in [3.63, 3.8) is 0 Å². The van der Waals surface area contributed by atoms with Crippen LogP contribution in [0, 0.1) is 0 Å². The first-order valence-electron chi connectivity index (χ1n) is 9.61. The van der Waals surface area contributed by atoms with Crippen molar-refractivity contribution in [2.75, 3.05) is 39.2 Å². The number of alkyl halides is 3. The number of carbonyl (C=O) groups excluding carboxylic acids is 1. The van der Waals surface area contributed by atoms with E-state index < -0.39 is 11.7 Å². The third kappa shape index (κ3) is 12.5. The van der Waals surface area contributed by atoms with Gasteiger partial charge in [0.1, 0.15) is 0 Å². The van der Waals surface area contributed by atoms with E-state index in [4.69, 9.17) is 0 Å². The van der Waals surface area contributed by atoms with Crippen molar-refractivity contribution in [1.29, 1.82) is 0 Å². The zero-order chi connectivity index (χ0) is 21.7. The molecule has 1 rings (SSSR count). The number of rotatable bonds is 11. The van der Waals surface area contributed by atoms with Gasteiger partial charge in [0.25, 0.3) is 0 Å². The third-order valence-electron chi connectivity index (χ3n) is 4.15. The maximum absolute atomic E-state index is 12.9. The Morgan fingerprint density at radius 1 is 1.13 bits per heavy atom. The summed E-state index contributed by atoms with van der Waals surface area (Å²) in [5, 5.41) is 6.11. The largest absolute Gasteiger partial charge is 0.416 e. The lowest BCUT2D eigenvalue weighted by atomic mass is 10.1. The molecule has 30 heavy (non-hydrogen) atoms. The molecule has 0 aliphatic carbocycles. The second kappa shape index (κ2) is 15.6. The third-order valence-corrected chi connectivity index (χ3v) is 4.84. The predicted molar refractivity (Wildman–Crippen MR) is 130 cm³/mol. The second-order valence-electron chi connectivity index (χ2n) is 6.84. The number of nitrogens with one attached hydrogen (secondary N) is 2. The average molecular weight is 560 g/mol. The number of nitrogens with zero attached hydrogens (tertiary/aromatic N) is 2. The first-order valence-corrected chi connectivity index (χ1v) is 11.0. The van der Waals surface area contributed by atoms with Crippen molar-refractivity contribution < 1.29 is 18.0 Å². The zero-order valence-electron chi connectivity index (χ0n) is 17.7. The van der Waals surface area contributed by atoms with Crippen molar-refractivity contribution in [3.8, 4) is 0 Å². The van der Waals surface area contributed by atoms with E-state index >= 15 is 0 Å². The Morgan fingerprint density at radius 3 is 2.47 bits per heavy atom. The fourth-order valence-corrected chi connectivity index (χ4v) is 2.93. The average Bonchev–Trinajstić information content (AvgIpc) is 2.67. The number of carbonyl (C=O) groups is 1. The van der Waals surface area contributed by atoms with Crippen LogP contribution in [-0.4, -0.2) is 56.0 Å². The number of hydrogen-bond acceptors (Lipinski definition) is 3. The minimum atomic E-state index is -4.38. The van der Waals surface area contributed by atoms with Gasteiger partial charge in [-0.05, 0) is 42.5 Å². The highest BCUT2D eigenvalue weighted by molar-refractivity contribution is 14.0. The molecule has 0 bridgehead atoms. The maximum atomic E-state index is 12.9.